The van der Waals surface area contributed by atoms with Gasteiger partial charge in [-0.3, -0.25) is 9.59 Å². The van der Waals surface area contributed by atoms with E-state index < -0.39 is 5.91 Å². The zero-order chi connectivity index (χ0) is 22.2. The molecule has 0 saturated carbocycles. The van der Waals surface area contributed by atoms with Crippen LogP contribution in [0.25, 0.3) is 10.6 Å². The van der Waals surface area contributed by atoms with Crippen LogP contribution in [-0.2, 0) is 11.2 Å². The molecule has 0 saturated heterocycles. The quantitative estimate of drug-likeness (QED) is 0.442. The maximum atomic E-state index is 12.5. The van der Waals surface area contributed by atoms with Crippen LogP contribution in [0, 0.1) is 0 Å². The third-order valence-corrected chi connectivity index (χ3v) is 5.38. The molecule has 164 valence electrons. The van der Waals surface area contributed by atoms with Gasteiger partial charge in [-0.2, -0.15) is 0 Å². The molecule has 9 nitrogen and oxygen atoms in total. The fourth-order valence-electron chi connectivity index (χ4n) is 3.00. The SMILES string of the molecule is COc1cc(C(=O)NCC(=O)NCCc2[nH]cnc2-c2cccs2)cc(OC)c1OC. The number of thiophene rings is 1. The molecule has 0 fully saturated rings. The molecule has 3 N–H and O–H groups in total. The molecule has 0 aliphatic heterocycles. The van der Waals surface area contributed by atoms with Gasteiger partial charge in [0.1, 0.15) is 5.69 Å². The molecule has 0 aliphatic rings. The average molecular weight is 445 g/mol. The molecule has 0 spiro atoms. The summed E-state index contributed by atoms with van der Waals surface area (Å²) in [5, 5.41) is 7.38. The van der Waals surface area contributed by atoms with E-state index in [0.717, 1.165) is 16.3 Å². The monoisotopic (exact) mass is 444 g/mol. The molecule has 0 radical (unpaired) electrons. The van der Waals surface area contributed by atoms with Gasteiger partial charge in [-0.1, -0.05) is 6.07 Å². The van der Waals surface area contributed by atoms with E-state index in [9.17, 15) is 9.59 Å². The summed E-state index contributed by atoms with van der Waals surface area (Å²) < 4.78 is 15.7. The first-order chi connectivity index (χ1) is 15.1. The van der Waals surface area contributed by atoms with E-state index in [1.54, 1.807) is 17.7 Å². The third-order valence-electron chi connectivity index (χ3n) is 4.51. The summed E-state index contributed by atoms with van der Waals surface area (Å²) in [7, 11) is 4.42. The summed E-state index contributed by atoms with van der Waals surface area (Å²) in [6.45, 7) is 0.260. The number of ether oxygens (including phenoxy) is 3. The van der Waals surface area contributed by atoms with E-state index in [1.807, 2.05) is 17.5 Å². The Bertz CT molecular complexity index is 1010. The van der Waals surface area contributed by atoms with Crippen LogP contribution in [0.3, 0.4) is 0 Å². The number of carbonyl (C=O) groups excluding carboxylic acids is 2. The highest BCUT2D eigenvalue weighted by atomic mass is 32.1. The molecule has 0 aliphatic carbocycles. The van der Waals surface area contributed by atoms with Gasteiger partial charge >= 0.3 is 0 Å². The van der Waals surface area contributed by atoms with Crippen molar-refractivity contribution in [2.75, 3.05) is 34.4 Å². The smallest absolute Gasteiger partial charge is 0.251 e. The zero-order valence-electron chi connectivity index (χ0n) is 17.5. The molecule has 2 amide bonds. The van der Waals surface area contributed by atoms with E-state index in [4.69, 9.17) is 14.2 Å². The molecule has 2 heterocycles. The van der Waals surface area contributed by atoms with Crippen molar-refractivity contribution in [1.82, 2.24) is 20.6 Å². The van der Waals surface area contributed by atoms with E-state index in [-0.39, 0.29) is 12.5 Å². The summed E-state index contributed by atoms with van der Waals surface area (Å²) >= 11 is 1.61. The van der Waals surface area contributed by atoms with Gasteiger partial charge in [-0.05, 0) is 23.6 Å². The number of benzene rings is 1. The van der Waals surface area contributed by atoms with Crippen molar-refractivity contribution in [3.05, 3.63) is 47.2 Å². The fourth-order valence-corrected chi connectivity index (χ4v) is 3.75. The van der Waals surface area contributed by atoms with Crippen LogP contribution in [0.4, 0.5) is 0 Å². The predicted octanol–water partition coefficient (Wildman–Crippen LogP) is 2.25. The largest absolute Gasteiger partial charge is 0.493 e. The first-order valence-electron chi connectivity index (χ1n) is 9.48. The van der Waals surface area contributed by atoms with Gasteiger partial charge in [-0.25, -0.2) is 4.98 Å². The molecule has 31 heavy (non-hydrogen) atoms. The molecular formula is C21H24N4O5S. The topological polar surface area (TPSA) is 115 Å². The van der Waals surface area contributed by atoms with Gasteiger partial charge in [-0.15, -0.1) is 11.3 Å². The number of nitrogens with one attached hydrogen (secondary N) is 3. The summed E-state index contributed by atoms with van der Waals surface area (Å²) in [5.74, 6) is 0.385. The van der Waals surface area contributed by atoms with Crippen LogP contribution in [-0.4, -0.2) is 56.2 Å². The van der Waals surface area contributed by atoms with Crippen LogP contribution in [0.1, 0.15) is 16.1 Å². The summed E-state index contributed by atoms with van der Waals surface area (Å²) in [6.07, 6.45) is 2.24. The number of aromatic nitrogens is 2. The molecule has 3 rings (SSSR count). The summed E-state index contributed by atoms with van der Waals surface area (Å²) in [5.41, 5.74) is 2.13. The Kier molecular flexibility index (Phi) is 7.50. The van der Waals surface area contributed by atoms with E-state index >= 15 is 0 Å². The lowest BCUT2D eigenvalue weighted by Crippen LogP contribution is -2.37. The van der Waals surface area contributed by atoms with Crippen LogP contribution < -0.4 is 24.8 Å². The van der Waals surface area contributed by atoms with Gasteiger partial charge < -0.3 is 29.8 Å². The Morgan fingerprint density at radius 1 is 1.10 bits per heavy atom. The van der Waals surface area contributed by atoms with Crippen molar-refractivity contribution in [3.63, 3.8) is 0 Å². The van der Waals surface area contributed by atoms with Crippen LogP contribution in [0.15, 0.2) is 36.0 Å². The van der Waals surface area contributed by atoms with Crippen molar-refractivity contribution in [2.24, 2.45) is 0 Å². The molecule has 1 aromatic carbocycles. The first kappa shape index (κ1) is 22.2. The fraction of sp³-hybridized carbons (Fsp3) is 0.286. The number of rotatable bonds is 10. The average Bonchev–Trinajstić information content (AvgIpc) is 3.48. The number of methoxy groups -OCH3 is 3. The standard InChI is InChI=1S/C21H24N4O5S/c1-28-15-9-13(10-16(29-2)20(15)30-3)21(27)23-11-18(26)22-7-6-14-19(25-12-24-14)17-5-4-8-31-17/h4-5,8-10,12H,6-7,11H2,1-3H3,(H,22,26)(H,23,27)(H,24,25). The molecule has 2 aromatic heterocycles. The minimum atomic E-state index is -0.428. The van der Waals surface area contributed by atoms with Crippen LogP contribution >= 0.6 is 11.3 Å². The van der Waals surface area contributed by atoms with Crippen molar-refractivity contribution < 1.29 is 23.8 Å². The normalized spacial score (nSPS) is 10.4. The highest BCUT2D eigenvalue weighted by Crippen LogP contribution is 2.38. The van der Waals surface area contributed by atoms with Crippen molar-refractivity contribution in [2.45, 2.75) is 6.42 Å². The van der Waals surface area contributed by atoms with E-state index in [2.05, 4.69) is 20.6 Å². The number of H-pyrrole nitrogens is 1. The Balaban J connectivity index is 1.51. The molecule has 0 unspecified atom stereocenters. The van der Waals surface area contributed by atoms with Gasteiger partial charge in [0.15, 0.2) is 11.5 Å². The van der Waals surface area contributed by atoms with Crippen molar-refractivity contribution >= 4 is 23.2 Å². The second kappa shape index (κ2) is 10.5. The Morgan fingerprint density at radius 2 is 1.84 bits per heavy atom. The minimum Gasteiger partial charge on any atom is -0.493 e. The second-order valence-electron chi connectivity index (χ2n) is 6.40. The molecule has 0 bridgehead atoms. The predicted molar refractivity (Wildman–Crippen MR) is 117 cm³/mol. The zero-order valence-corrected chi connectivity index (χ0v) is 18.3. The Hall–Kier alpha value is -3.53. The molecule has 0 atom stereocenters. The first-order valence-corrected chi connectivity index (χ1v) is 10.4. The van der Waals surface area contributed by atoms with Crippen LogP contribution in [0.5, 0.6) is 17.2 Å². The maximum Gasteiger partial charge on any atom is 0.251 e. The van der Waals surface area contributed by atoms with E-state index in [0.29, 0.717) is 35.8 Å². The third kappa shape index (κ3) is 5.34. The molecular weight excluding hydrogens is 420 g/mol. The number of carbonyl (C=O) groups is 2. The second-order valence-corrected chi connectivity index (χ2v) is 7.35. The number of amides is 2. The number of nitrogens with zero attached hydrogens (tertiary/aromatic N) is 1. The highest BCUT2D eigenvalue weighted by molar-refractivity contribution is 7.13. The number of hydrogen-bond acceptors (Lipinski definition) is 7. The Morgan fingerprint density at radius 3 is 2.45 bits per heavy atom. The number of imidazole rings is 1. The number of hydrogen-bond donors (Lipinski definition) is 3. The summed E-state index contributed by atoms with van der Waals surface area (Å²) in [4.78, 5) is 33.1. The van der Waals surface area contributed by atoms with Crippen molar-refractivity contribution in [1.29, 1.82) is 0 Å². The van der Waals surface area contributed by atoms with Gasteiger partial charge in [0.25, 0.3) is 5.91 Å². The Labute approximate surface area is 183 Å². The lowest BCUT2D eigenvalue weighted by atomic mass is 10.1. The highest BCUT2D eigenvalue weighted by Gasteiger charge is 2.17. The van der Waals surface area contributed by atoms with Gasteiger partial charge in [0.2, 0.25) is 11.7 Å². The van der Waals surface area contributed by atoms with Gasteiger partial charge in [0.05, 0.1) is 39.1 Å². The van der Waals surface area contributed by atoms with Crippen molar-refractivity contribution in [3.8, 4) is 27.8 Å². The molecule has 3 aromatic rings. The number of aromatic amines is 1. The van der Waals surface area contributed by atoms with Crippen LogP contribution in [0.2, 0.25) is 0 Å². The maximum absolute atomic E-state index is 12.5. The lowest BCUT2D eigenvalue weighted by molar-refractivity contribution is -0.120. The minimum absolute atomic E-state index is 0.156. The summed E-state index contributed by atoms with van der Waals surface area (Å²) in [6, 6.07) is 7.02. The molecule has 10 heteroatoms. The van der Waals surface area contributed by atoms with E-state index in [1.165, 1.54) is 33.5 Å². The lowest BCUT2D eigenvalue weighted by Gasteiger charge is -2.14. The van der Waals surface area contributed by atoms with Gasteiger partial charge in [0, 0.05) is 24.2 Å².